The molecule has 1 aromatic rings. The van der Waals surface area contributed by atoms with Gasteiger partial charge in [-0.15, -0.1) is 0 Å². The maximum Gasteiger partial charge on any atom is 0.173 e. The summed E-state index contributed by atoms with van der Waals surface area (Å²) < 4.78 is 18.8. The first kappa shape index (κ1) is 13.6. The Labute approximate surface area is 112 Å². The van der Waals surface area contributed by atoms with Crippen molar-refractivity contribution in [2.75, 3.05) is 13.2 Å². The van der Waals surface area contributed by atoms with E-state index < -0.39 is 5.82 Å². The third kappa shape index (κ3) is 3.85. The molecule has 0 bridgehead atoms. The molecule has 0 aromatic heterocycles. The van der Waals surface area contributed by atoms with Gasteiger partial charge in [-0.2, -0.15) is 0 Å². The summed E-state index contributed by atoms with van der Waals surface area (Å²) in [4.78, 5) is 0. The van der Waals surface area contributed by atoms with Crippen LogP contribution in [-0.4, -0.2) is 19.2 Å². The highest BCUT2D eigenvalue weighted by Crippen LogP contribution is 2.27. The fourth-order valence-electron chi connectivity index (χ4n) is 2.34. The molecule has 4 heteroatoms. The molecule has 1 N–H and O–H groups in total. The summed E-state index contributed by atoms with van der Waals surface area (Å²) in [5.74, 6) is -0.246. The van der Waals surface area contributed by atoms with Gasteiger partial charge in [-0.05, 0) is 25.0 Å². The van der Waals surface area contributed by atoms with Crippen molar-refractivity contribution < 1.29 is 9.13 Å². The van der Waals surface area contributed by atoms with Gasteiger partial charge in [-0.25, -0.2) is 4.39 Å². The Balaban J connectivity index is 1.71. The number of rotatable bonds is 5. The molecule has 1 aliphatic carbocycles. The first-order valence-electron chi connectivity index (χ1n) is 6.57. The highest BCUT2D eigenvalue weighted by Gasteiger charge is 2.12. The molecule has 1 fully saturated rings. The highest BCUT2D eigenvalue weighted by atomic mass is 35.5. The van der Waals surface area contributed by atoms with Gasteiger partial charge >= 0.3 is 0 Å². The van der Waals surface area contributed by atoms with E-state index in [1.165, 1.54) is 38.2 Å². The molecule has 0 unspecified atom stereocenters. The summed E-state index contributed by atoms with van der Waals surface area (Å²) in [5.41, 5.74) is 0. The van der Waals surface area contributed by atoms with E-state index in [0.29, 0.717) is 17.7 Å². The summed E-state index contributed by atoms with van der Waals surface area (Å²) in [6.07, 6.45) is 6.43. The monoisotopic (exact) mass is 271 g/mol. The standard InChI is InChI=1S/C14H19ClFNO/c15-12-7-4-8-13(16)14(12)18-10-9-17-11-5-2-1-3-6-11/h4,7-8,11,17H,1-3,5-6,9-10H2. The summed E-state index contributed by atoms with van der Waals surface area (Å²) in [7, 11) is 0. The molecule has 2 nitrogen and oxygen atoms in total. The molecule has 1 saturated carbocycles. The van der Waals surface area contributed by atoms with E-state index in [0.717, 1.165) is 6.54 Å². The molecule has 0 radical (unpaired) electrons. The number of hydrogen-bond donors (Lipinski definition) is 1. The SMILES string of the molecule is Fc1cccc(Cl)c1OCCNC1CCCCC1. The summed E-state index contributed by atoms with van der Waals surface area (Å²) in [6, 6.07) is 5.16. The van der Waals surface area contributed by atoms with Gasteiger partial charge < -0.3 is 10.1 Å². The van der Waals surface area contributed by atoms with Crippen LogP contribution in [0.15, 0.2) is 18.2 Å². The van der Waals surface area contributed by atoms with Gasteiger partial charge in [-0.3, -0.25) is 0 Å². The number of ether oxygens (including phenoxy) is 1. The van der Waals surface area contributed by atoms with Crippen LogP contribution < -0.4 is 10.1 Å². The lowest BCUT2D eigenvalue weighted by molar-refractivity contribution is 0.279. The number of nitrogens with one attached hydrogen (secondary N) is 1. The van der Waals surface area contributed by atoms with E-state index in [1.807, 2.05) is 0 Å². The maximum absolute atomic E-state index is 13.4. The topological polar surface area (TPSA) is 21.3 Å². The van der Waals surface area contributed by atoms with Crippen molar-refractivity contribution in [3.05, 3.63) is 29.0 Å². The van der Waals surface area contributed by atoms with E-state index in [9.17, 15) is 4.39 Å². The molecule has 0 amide bonds. The largest absolute Gasteiger partial charge is 0.488 e. The molecule has 2 rings (SSSR count). The average Bonchev–Trinajstić information content (AvgIpc) is 2.38. The lowest BCUT2D eigenvalue weighted by atomic mass is 9.96. The summed E-state index contributed by atoms with van der Waals surface area (Å²) in [5, 5.41) is 3.77. The van der Waals surface area contributed by atoms with Crippen LogP contribution in [-0.2, 0) is 0 Å². The van der Waals surface area contributed by atoms with Gasteiger partial charge in [0.05, 0.1) is 5.02 Å². The van der Waals surface area contributed by atoms with Crippen LogP contribution in [0, 0.1) is 5.82 Å². The van der Waals surface area contributed by atoms with E-state index >= 15 is 0 Å². The van der Waals surface area contributed by atoms with Crippen LogP contribution in [0.5, 0.6) is 5.75 Å². The fraction of sp³-hybridized carbons (Fsp3) is 0.571. The molecule has 0 atom stereocenters. The lowest BCUT2D eigenvalue weighted by Gasteiger charge is -2.22. The van der Waals surface area contributed by atoms with E-state index in [4.69, 9.17) is 16.3 Å². The molecule has 1 aromatic carbocycles. The Morgan fingerprint density at radius 3 is 2.78 bits per heavy atom. The molecule has 18 heavy (non-hydrogen) atoms. The first-order valence-corrected chi connectivity index (χ1v) is 6.95. The lowest BCUT2D eigenvalue weighted by Crippen LogP contribution is -2.34. The molecule has 0 aliphatic heterocycles. The van der Waals surface area contributed by atoms with Gasteiger partial charge in [0.2, 0.25) is 0 Å². The van der Waals surface area contributed by atoms with Crippen LogP contribution in [0.25, 0.3) is 0 Å². The number of halogens is 2. The predicted molar refractivity (Wildman–Crippen MR) is 71.8 cm³/mol. The first-order chi connectivity index (χ1) is 8.77. The minimum atomic E-state index is -0.403. The summed E-state index contributed by atoms with van der Waals surface area (Å²) in [6.45, 7) is 1.17. The zero-order valence-corrected chi connectivity index (χ0v) is 11.2. The Bertz CT molecular complexity index is 360. The minimum Gasteiger partial charge on any atom is -0.488 e. The van der Waals surface area contributed by atoms with E-state index in [-0.39, 0.29) is 5.75 Å². The predicted octanol–water partition coefficient (Wildman–Crippen LogP) is 3.78. The highest BCUT2D eigenvalue weighted by molar-refractivity contribution is 6.32. The number of para-hydroxylation sites is 1. The molecule has 100 valence electrons. The van der Waals surface area contributed by atoms with Crippen LogP contribution in [0.3, 0.4) is 0 Å². The van der Waals surface area contributed by atoms with Gasteiger partial charge in [0.15, 0.2) is 11.6 Å². The Hall–Kier alpha value is -0.800. The fourth-order valence-corrected chi connectivity index (χ4v) is 2.56. The summed E-state index contributed by atoms with van der Waals surface area (Å²) >= 11 is 5.87. The van der Waals surface area contributed by atoms with Gasteiger partial charge in [0.1, 0.15) is 6.61 Å². The van der Waals surface area contributed by atoms with Gasteiger partial charge in [-0.1, -0.05) is 36.9 Å². The smallest absolute Gasteiger partial charge is 0.173 e. The van der Waals surface area contributed by atoms with Crippen LogP contribution >= 0.6 is 11.6 Å². The van der Waals surface area contributed by atoms with Crippen molar-refractivity contribution in [3.63, 3.8) is 0 Å². The Morgan fingerprint density at radius 1 is 1.28 bits per heavy atom. The van der Waals surface area contributed by atoms with Crippen molar-refractivity contribution in [3.8, 4) is 5.75 Å². The van der Waals surface area contributed by atoms with E-state index in [2.05, 4.69) is 5.32 Å². The van der Waals surface area contributed by atoms with Gasteiger partial charge in [0, 0.05) is 12.6 Å². The Morgan fingerprint density at radius 2 is 2.06 bits per heavy atom. The molecular weight excluding hydrogens is 253 g/mol. The molecule has 0 heterocycles. The van der Waals surface area contributed by atoms with Crippen molar-refractivity contribution in [1.29, 1.82) is 0 Å². The quantitative estimate of drug-likeness (QED) is 0.823. The second-order valence-electron chi connectivity index (χ2n) is 4.69. The molecule has 1 aliphatic rings. The maximum atomic E-state index is 13.4. The third-order valence-corrected chi connectivity index (χ3v) is 3.60. The zero-order chi connectivity index (χ0) is 12.8. The second kappa shape index (κ2) is 6.95. The Kier molecular flexibility index (Phi) is 5.26. The van der Waals surface area contributed by atoms with Crippen LogP contribution in [0.1, 0.15) is 32.1 Å². The zero-order valence-electron chi connectivity index (χ0n) is 10.4. The number of benzene rings is 1. The normalized spacial score (nSPS) is 16.8. The van der Waals surface area contributed by atoms with Crippen molar-refractivity contribution in [2.45, 2.75) is 38.1 Å². The average molecular weight is 272 g/mol. The van der Waals surface area contributed by atoms with Crippen LogP contribution in [0.2, 0.25) is 5.02 Å². The van der Waals surface area contributed by atoms with Crippen molar-refractivity contribution in [1.82, 2.24) is 5.32 Å². The minimum absolute atomic E-state index is 0.157. The molecule has 0 saturated heterocycles. The number of hydrogen-bond acceptors (Lipinski definition) is 2. The molecular formula is C14H19ClFNO. The third-order valence-electron chi connectivity index (χ3n) is 3.31. The van der Waals surface area contributed by atoms with Gasteiger partial charge in [0.25, 0.3) is 0 Å². The van der Waals surface area contributed by atoms with Crippen molar-refractivity contribution >= 4 is 11.6 Å². The molecule has 0 spiro atoms. The van der Waals surface area contributed by atoms with Crippen molar-refractivity contribution in [2.24, 2.45) is 0 Å². The second-order valence-corrected chi connectivity index (χ2v) is 5.10. The van der Waals surface area contributed by atoms with Crippen LogP contribution in [0.4, 0.5) is 4.39 Å². The van der Waals surface area contributed by atoms with E-state index in [1.54, 1.807) is 12.1 Å².